The predicted molar refractivity (Wildman–Crippen MR) is 115 cm³/mol. The van der Waals surface area contributed by atoms with Crippen molar-refractivity contribution >= 4 is 40.2 Å². The zero-order chi connectivity index (χ0) is 19.3. The molecular formula is C21H16ClN3OS2. The highest BCUT2D eigenvalue weighted by Gasteiger charge is 2.10. The van der Waals surface area contributed by atoms with Gasteiger partial charge in [0.2, 0.25) is 0 Å². The van der Waals surface area contributed by atoms with Gasteiger partial charge >= 0.3 is 0 Å². The molecule has 3 aromatic heterocycles. The zero-order valence-corrected chi connectivity index (χ0v) is 17.2. The van der Waals surface area contributed by atoms with Crippen LogP contribution in [-0.4, -0.2) is 15.5 Å². The fourth-order valence-electron chi connectivity index (χ4n) is 2.74. The summed E-state index contributed by atoms with van der Waals surface area (Å²) in [5.74, 6) is -0.214. The van der Waals surface area contributed by atoms with Gasteiger partial charge in [-0.15, -0.1) is 22.7 Å². The molecule has 7 heteroatoms. The van der Waals surface area contributed by atoms with Gasteiger partial charge in [-0.25, -0.2) is 4.98 Å². The molecule has 1 aromatic carbocycles. The highest BCUT2D eigenvalue weighted by Crippen LogP contribution is 2.32. The third-order valence-electron chi connectivity index (χ3n) is 4.02. The minimum absolute atomic E-state index is 0.176. The van der Waals surface area contributed by atoms with Crippen LogP contribution in [0, 0.1) is 0 Å². The van der Waals surface area contributed by atoms with Gasteiger partial charge in [-0.1, -0.05) is 48.0 Å². The highest BCUT2D eigenvalue weighted by molar-refractivity contribution is 7.23. The molecule has 0 aliphatic carbocycles. The molecule has 1 amide bonds. The van der Waals surface area contributed by atoms with Gasteiger partial charge in [0.25, 0.3) is 5.91 Å². The first-order valence-electron chi connectivity index (χ1n) is 8.64. The Labute approximate surface area is 175 Å². The van der Waals surface area contributed by atoms with Crippen molar-refractivity contribution in [3.8, 4) is 9.88 Å². The number of hydrogen-bond donors (Lipinski definition) is 0. The van der Waals surface area contributed by atoms with Crippen molar-refractivity contribution in [3.63, 3.8) is 0 Å². The van der Waals surface area contributed by atoms with Gasteiger partial charge in [0.15, 0.2) is 0 Å². The van der Waals surface area contributed by atoms with Gasteiger partial charge in [-0.3, -0.25) is 4.79 Å². The fraction of sp³-hybridized carbons (Fsp3) is 0.0952. The van der Waals surface area contributed by atoms with Crippen molar-refractivity contribution in [2.75, 3.05) is 0 Å². The van der Waals surface area contributed by atoms with Gasteiger partial charge < -0.3 is 4.57 Å². The molecule has 0 radical (unpaired) electrons. The number of hydrogen-bond acceptors (Lipinski definition) is 4. The van der Waals surface area contributed by atoms with Crippen molar-refractivity contribution in [3.05, 3.63) is 93.3 Å². The molecule has 0 bridgehead atoms. The lowest BCUT2D eigenvalue weighted by molar-refractivity contribution is -0.117. The van der Waals surface area contributed by atoms with Crippen molar-refractivity contribution in [1.29, 1.82) is 0 Å². The summed E-state index contributed by atoms with van der Waals surface area (Å²) in [7, 11) is 0. The van der Waals surface area contributed by atoms with E-state index in [1.165, 1.54) is 22.7 Å². The lowest BCUT2D eigenvalue weighted by atomic mass is 10.2. The topological polar surface area (TPSA) is 47.2 Å². The standard InChI is InChI=1S/C21H16ClN3OS2/c22-18-10-9-17(28-18)21-23-16(14-27-21)12-20(26)24-19-8-4-5-11-25(19)13-15-6-2-1-3-7-15/h1-11,14H,12-13H2. The van der Waals surface area contributed by atoms with E-state index in [1.807, 2.05) is 64.7 Å². The average molecular weight is 426 g/mol. The van der Waals surface area contributed by atoms with E-state index in [9.17, 15) is 4.79 Å². The van der Waals surface area contributed by atoms with E-state index >= 15 is 0 Å². The van der Waals surface area contributed by atoms with E-state index in [0.29, 0.717) is 12.0 Å². The number of carbonyl (C=O) groups excluding carboxylic acids is 1. The number of thiazole rings is 1. The monoisotopic (exact) mass is 425 g/mol. The van der Waals surface area contributed by atoms with Gasteiger partial charge in [0, 0.05) is 18.1 Å². The zero-order valence-electron chi connectivity index (χ0n) is 14.8. The van der Waals surface area contributed by atoms with Crippen LogP contribution in [-0.2, 0) is 17.8 Å². The Kier molecular flexibility index (Phi) is 5.81. The quantitative estimate of drug-likeness (QED) is 0.449. The fourth-order valence-corrected chi connectivity index (χ4v) is 4.67. The van der Waals surface area contributed by atoms with Crippen LogP contribution in [0.4, 0.5) is 0 Å². The Balaban J connectivity index is 1.52. The van der Waals surface area contributed by atoms with E-state index < -0.39 is 0 Å². The molecule has 3 heterocycles. The lowest BCUT2D eigenvalue weighted by Crippen LogP contribution is -2.22. The second-order valence-corrected chi connectivity index (χ2v) is 8.68. The summed E-state index contributed by atoms with van der Waals surface area (Å²) in [5, 5.41) is 2.78. The Morgan fingerprint density at radius 3 is 2.68 bits per heavy atom. The molecule has 0 aliphatic heterocycles. The van der Waals surface area contributed by atoms with E-state index in [0.717, 1.165) is 25.5 Å². The number of aromatic nitrogens is 2. The maximum atomic E-state index is 12.5. The normalized spacial score (nSPS) is 11.7. The Morgan fingerprint density at radius 2 is 1.89 bits per heavy atom. The molecule has 0 saturated heterocycles. The van der Waals surface area contributed by atoms with Crippen LogP contribution < -0.4 is 5.49 Å². The van der Waals surface area contributed by atoms with Crippen LogP contribution in [0.25, 0.3) is 9.88 Å². The number of benzene rings is 1. The second-order valence-electron chi connectivity index (χ2n) is 6.10. The molecule has 0 fully saturated rings. The Bertz CT molecular complexity index is 1160. The summed E-state index contributed by atoms with van der Waals surface area (Å²) < 4.78 is 2.69. The maximum absolute atomic E-state index is 12.5. The van der Waals surface area contributed by atoms with Gasteiger partial charge in [0.1, 0.15) is 10.5 Å². The molecule has 28 heavy (non-hydrogen) atoms. The van der Waals surface area contributed by atoms with Crippen molar-refractivity contribution in [2.45, 2.75) is 13.0 Å². The van der Waals surface area contributed by atoms with Crippen molar-refractivity contribution < 1.29 is 4.79 Å². The van der Waals surface area contributed by atoms with E-state index in [2.05, 4.69) is 22.1 Å². The van der Waals surface area contributed by atoms with Crippen LogP contribution in [0.1, 0.15) is 11.3 Å². The van der Waals surface area contributed by atoms with Crippen LogP contribution in [0.2, 0.25) is 4.34 Å². The molecule has 4 rings (SSSR count). The number of carbonyl (C=O) groups is 1. The SMILES string of the molecule is O=C(Cc1csc(-c2ccc(Cl)s2)n1)N=c1ccccn1Cc1ccccc1. The molecule has 0 aliphatic rings. The van der Waals surface area contributed by atoms with Crippen LogP contribution in [0.3, 0.4) is 0 Å². The average Bonchev–Trinajstić information content (AvgIpc) is 3.33. The lowest BCUT2D eigenvalue weighted by Gasteiger charge is -2.07. The summed E-state index contributed by atoms with van der Waals surface area (Å²) in [5.41, 5.74) is 2.52. The molecule has 0 unspecified atom stereocenters. The van der Waals surface area contributed by atoms with Crippen LogP contribution in [0.15, 0.2) is 77.2 Å². The van der Waals surface area contributed by atoms with E-state index in [-0.39, 0.29) is 12.3 Å². The minimum Gasteiger partial charge on any atom is -0.328 e. The number of rotatable bonds is 5. The van der Waals surface area contributed by atoms with Crippen LogP contribution in [0.5, 0.6) is 0 Å². The largest absolute Gasteiger partial charge is 0.328 e. The van der Waals surface area contributed by atoms with Gasteiger partial charge in [0.05, 0.1) is 21.3 Å². The number of pyridine rings is 1. The number of halogens is 1. The minimum atomic E-state index is -0.214. The Morgan fingerprint density at radius 1 is 1.07 bits per heavy atom. The second kappa shape index (κ2) is 8.65. The predicted octanol–water partition coefficient (Wildman–Crippen LogP) is 5.04. The molecule has 0 saturated carbocycles. The first-order chi connectivity index (χ1) is 13.7. The summed E-state index contributed by atoms with van der Waals surface area (Å²) >= 11 is 8.98. The molecular weight excluding hydrogens is 410 g/mol. The smallest absolute Gasteiger partial charge is 0.253 e. The summed E-state index contributed by atoms with van der Waals surface area (Å²) in [4.78, 5) is 22.4. The van der Waals surface area contributed by atoms with E-state index in [4.69, 9.17) is 11.6 Å². The molecule has 4 aromatic rings. The summed E-state index contributed by atoms with van der Waals surface area (Å²) in [6.07, 6.45) is 2.11. The van der Waals surface area contributed by atoms with Crippen LogP contribution >= 0.6 is 34.3 Å². The van der Waals surface area contributed by atoms with Crippen molar-refractivity contribution in [2.24, 2.45) is 4.99 Å². The highest BCUT2D eigenvalue weighted by atomic mass is 35.5. The number of amides is 1. The summed E-state index contributed by atoms with van der Waals surface area (Å²) in [6.45, 7) is 0.660. The summed E-state index contributed by atoms with van der Waals surface area (Å²) in [6, 6.07) is 19.6. The molecule has 0 spiro atoms. The Hall–Kier alpha value is -2.54. The molecule has 0 N–H and O–H groups in total. The first kappa shape index (κ1) is 18.8. The number of thiophene rings is 1. The molecule has 4 nitrogen and oxygen atoms in total. The molecule has 0 atom stereocenters. The van der Waals surface area contributed by atoms with Gasteiger partial charge in [-0.05, 0) is 29.8 Å². The third kappa shape index (κ3) is 4.65. The maximum Gasteiger partial charge on any atom is 0.253 e. The van der Waals surface area contributed by atoms with E-state index in [1.54, 1.807) is 0 Å². The van der Waals surface area contributed by atoms with Crippen molar-refractivity contribution in [1.82, 2.24) is 9.55 Å². The van der Waals surface area contributed by atoms with Gasteiger partial charge in [-0.2, -0.15) is 4.99 Å². The third-order valence-corrected chi connectivity index (χ3v) is 6.31. The number of nitrogens with zero attached hydrogens (tertiary/aromatic N) is 3. The first-order valence-corrected chi connectivity index (χ1v) is 10.7. The molecule has 140 valence electrons.